The number of H-pyrrole nitrogens is 1. The third kappa shape index (κ3) is 5.18. The van der Waals surface area contributed by atoms with E-state index in [0.29, 0.717) is 24.5 Å². The van der Waals surface area contributed by atoms with E-state index in [4.69, 9.17) is 10.1 Å². The van der Waals surface area contributed by atoms with E-state index in [1.165, 1.54) is 24.3 Å². The number of nitrogens with zero attached hydrogens (tertiary/aromatic N) is 5. The van der Waals surface area contributed by atoms with Crippen LogP contribution in [-0.2, 0) is 6.54 Å². The summed E-state index contributed by atoms with van der Waals surface area (Å²) in [6.45, 7) is 0.512. The van der Waals surface area contributed by atoms with Crippen LogP contribution in [0.2, 0.25) is 0 Å². The highest BCUT2D eigenvalue weighted by Gasteiger charge is 2.32. The number of nitrogens with one attached hydrogen (secondary N) is 1. The predicted octanol–water partition coefficient (Wildman–Crippen LogP) is 7.17. The van der Waals surface area contributed by atoms with Gasteiger partial charge in [0, 0.05) is 42.8 Å². The van der Waals surface area contributed by atoms with Gasteiger partial charge in [0.2, 0.25) is 0 Å². The van der Waals surface area contributed by atoms with Gasteiger partial charge < -0.3 is 4.90 Å². The van der Waals surface area contributed by atoms with Crippen LogP contribution < -0.4 is 4.90 Å². The van der Waals surface area contributed by atoms with Gasteiger partial charge in [0.05, 0.1) is 27.3 Å². The van der Waals surface area contributed by atoms with Crippen LogP contribution in [0.25, 0.3) is 11.3 Å². The lowest BCUT2D eigenvalue weighted by atomic mass is 9.95. The van der Waals surface area contributed by atoms with Crippen LogP contribution in [0.3, 0.4) is 0 Å². The molecule has 5 aromatic rings. The second-order valence-electron chi connectivity index (χ2n) is 9.68. The standard InChI is InChI=1S/C31H24N6O4/c38-36(39)25-15-11-22(12-16-25)27-19-28(23-13-17-26(18-14-23)37(40)41)35(20-21-7-3-1-4-8-21)31-30(32-27)29(33-34-31)24-9-5-2-6-10-24/h1-18,28H,19-20H2,(H,33,34). The summed E-state index contributed by atoms with van der Waals surface area (Å²) in [5.74, 6) is 0.646. The molecule has 0 spiro atoms. The molecule has 0 amide bonds. The SMILES string of the molecule is O=[N+]([O-])c1ccc(C2=Nc3c(n[nH]c3-c3ccccc3)N(Cc3ccccc3)C(c3ccc([N+](=O)[O-])cc3)C2)cc1. The molecule has 0 saturated heterocycles. The van der Waals surface area contributed by atoms with Crippen molar-refractivity contribution in [2.45, 2.75) is 19.0 Å². The maximum atomic E-state index is 11.4. The first-order valence-corrected chi connectivity index (χ1v) is 13.0. The number of aromatic nitrogens is 2. The van der Waals surface area contributed by atoms with Crippen LogP contribution >= 0.6 is 0 Å². The van der Waals surface area contributed by atoms with E-state index >= 15 is 0 Å². The molecule has 1 aliphatic rings. The molecule has 1 N–H and O–H groups in total. The Bertz CT molecular complexity index is 1730. The molecule has 1 aliphatic heterocycles. The highest BCUT2D eigenvalue weighted by atomic mass is 16.6. The molecule has 0 radical (unpaired) electrons. The second kappa shape index (κ2) is 10.9. The van der Waals surface area contributed by atoms with Gasteiger partial charge in [-0.3, -0.25) is 25.3 Å². The Balaban J connectivity index is 1.54. The first-order chi connectivity index (χ1) is 20.0. The van der Waals surface area contributed by atoms with E-state index < -0.39 is 9.85 Å². The van der Waals surface area contributed by atoms with Gasteiger partial charge in [-0.05, 0) is 28.8 Å². The average Bonchev–Trinajstić information content (AvgIpc) is 3.35. The maximum Gasteiger partial charge on any atom is 0.269 e. The maximum absolute atomic E-state index is 11.4. The zero-order chi connectivity index (χ0) is 28.3. The first kappa shape index (κ1) is 25.6. The molecular formula is C31H24N6O4. The van der Waals surface area contributed by atoms with Gasteiger partial charge in [-0.15, -0.1) is 0 Å². The summed E-state index contributed by atoms with van der Waals surface area (Å²) in [7, 11) is 0. The minimum absolute atomic E-state index is 0.00503. The highest BCUT2D eigenvalue weighted by Crippen LogP contribution is 2.45. The van der Waals surface area contributed by atoms with E-state index in [9.17, 15) is 20.2 Å². The summed E-state index contributed by atoms with van der Waals surface area (Å²) in [5.41, 5.74) is 5.72. The number of aliphatic imine (C=N–C) groups is 1. The Labute approximate surface area is 234 Å². The molecule has 1 aromatic heterocycles. The van der Waals surface area contributed by atoms with Crippen LogP contribution in [-0.4, -0.2) is 25.8 Å². The average molecular weight is 545 g/mol. The van der Waals surface area contributed by atoms with Crippen molar-refractivity contribution >= 4 is 28.6 Å². The summed E-state index contributed by atoms with van der Waals surface area (Å²) < 4.78 is 0. The van der Waals surface area contributed by atoms with Gasteiger partial charge in [0.25, 0.3) is 11.4 Å². The van der Waals surface area contributed by atoms with Gasteiger partial charge in [0.1, 0.15) is 5.69 Å². The Morgan fingerprint density at radius 2 is 1.34 bits per heavy atom. The van der Waals surface area contributed by atoms with Crippen LogP contribution in [0, 0.1) is 20.2 Å². The zero-order valence-corrected chi connectivity index (χ0v) is 21.8. The van der Waals surface area contributed by atoms with Crippen LogP contribution in [0.15, 0.2) is 114 Å². The van der Waals surface area contributed by atoms with Crippen molar-refractivity contribution in [3.05, 3.63) is 146 Å². The van der Waals surface area contributed by atoms with Crippen LogP contribution in [0.1, 0.15) is 29.2 Å². The van der Waals surface area contributed by atoms with Crippen molar-refractivity contribution < 1.29 is 9.85 Å². The molecule has 1 unspecified atom stereocenters. The van der Waals surface area contributed by atoms with Crippen LogP contribution in [0.4, 0.5) is 22.9 Å². The molecule has 0 aliphatic carbocycles. The predicted molar refractivity (Wildman–Crippen MR) is 156 cm³/mol. The van der Waals surface area contributed by atoms with E-state index in [2.05, 4.69) is 10.00 Å². The summed E-state index contributed by atoms with van der Waals surface area (Å²) in [4.78, 5) is 29.1. The van der Waals surface area contributed by atoms with Gasteiger partial charge >= 0.3 is 0 Å². The second-order valence-corrected chi connectivity index (χ2v) is 9.68. The Morgan fingerprint density at radius 1 is 0.756 bits per heavy atom. The molecule has 0 saturated carbocycles. The molecular weight excluding hydrogens is 520 g/mol. The lowest BCUT2D eigenvalue weighted by Crippen LogP contribution is -2.29. The number of non-ortho nitro benzene ring substituents is 2. The van der Waals surface area contributed by atoms with Crippen molar-refractivity contribution in [1.82, 2.24) is 10.2 Å². The number of nitro groups is 2. The molecule has 10 nitrogen and oxygen atoms in total. The Kier molecular flexibility index (Phi) is 6.78. The van der Waals surface area contributed by atoms with E-state index in [0.717, 1.165) is 33.7 Å². The number of hydrogen-bond acceptors (Lipinski definition) is 7. The quantitative estimate of drug-likeness (QED) is 0.171. The molecule has 41 heavy (non-hydrogen) atoms. The van der Waals surface area contributed by atoms with E-state index in [1.807, 2.05) is 60.7 Å². The minimum atomic E-state index is -0.429. The third-order valence-corrected chi connectivity index (χ3v) is 7.16. The van der Waals surface area contributed by atoms with Gasteiger partial charge in [-0.2, -0.15) is 5.10 Å². The van der Waals surface area contributed by atoms with Gasteiger partial charge in [-0.1, -0.05) is 72.8 Å². The van der Waals surface area contributed by atoms with Crippen LogP contribution in [0.5, 0.6) is 0 Å². The van der Waals surface area contributed by atoms with Crippen molar-refractivity contribution in [3.63, 3.8) is 0 Å². The largest absolute Gasteiger partial charge is 0.342 e. The summed E-state index contributed by atoms with van der Waals surface area (Å²) in [5, 5.41) is 30.6. The molecule has 0 bridgehead atoms. The number of benzene rings is 4. The van der Waals surface area contributed by atoms with Gasteiger partial charge in [0.15, 0.2) is 5.82 Å². The number of hydrogen-bond donors (Lipinski definition) is 1. The molecule has 0 fully saturated rings. The first-order valence-electron chi connectivity index (χ1n) is 13.0. The highest BCUT2D eigenvalue weighted by molar-refractivity contribution is 6.05. The fourth-order valence-corrected chi connectivity index (χ4v) is 5.10. The number of aromatic amines is 1. The number of fused-ring (bicyclic) bond motifs is 1. The fourth-order valence-electron chi connectivity index (χ4n) is 5.10. The molecule has 4 aromatic carbocycles. The molecule has 1 atom stereocenters. The molecule has 202 valence electrons. The van der Waals surface area contributed by atoms with E-state index in [-0.39, 0.29) is 17.4 Å². The normalized spacial score (nSPS) is 14.6. The monoisotopic (exact) mass is 544 g/mol. The Hall–Kier alpha value is -5.64. The summed E-state index contributed by atoms with van der Waals surface area (Å²) in [6.07, 6.45) is 0.438. The fraction of sp³-hybridized carbons (Fsp3) is 0.0968. The lowest BCUT2D eigenvalue weighted by molar-refractivity contribution is -0.385. The number of rotatable bonds is 7. The smallest absolute Gasteiger partial charge is 0.269 e. The van der Waals surface area contributed by atoms with Crippen molar-refractivity contribution in [3.8, 4) is 11.3 Å². The topological polar surface area (TPSA) is 131 Å². The zero-order valence-electron chi connectivity index (χ0n) is 21.8. The summed E-state index contributed by atoms with van der Waals surface area (Å²) in [6, 6.07) is 32.4. The van der Waals surface area contributed by atoms with Crippen molar-refractivity contribution in [2.75, 3.05) is 4.90 Å². The molecule has 2 heterocycles. The lowest BCUT2D eigenvalue weighted by Gasteiger charge is -2.31. The minimum Gasteiger partial charge on any atom is -0.342 e. The van der Waals surface area contributed by atoms with E-state index in [1.54, 1.807) is 24.3 Å². The van der Waals surface area contributed by atoms with Crippen molar-refractivity contribution in [2.24, 2.45) is 4.99 Å². The number of anilines is 1. The Morgan fingerprint density at radius 3 is 1.95 bits per heavy atom. The van der Waals surface area contributed by atoms with Crippen molar-refractivity contribution in [1.29, 1.82) is 0 Å². The third-order valence-electron chi connectivity index (χ3n) is 7.16. The number of nitro benzene ring substituents is 2. The van der Waals surface area contributed by atoms with Gasteiger partial charge in [-0.25, -0.2) is 4.99 Å². The molecule has 10 heteroatoms. The summed E-state index contributed by atoms with van der Waals surface area (Å²) >= 11 is 0. The molecule has 6 rings (SSSR count).